The zero-order valence-electron chi connectivity index (χ0n) is 36.1. The van der Waals surface area contributed by atoms with Gasteiger partial charge in [0.15, 0.2) is 0 Å². The van der Waals surface area contributed by atoms with E-state index < -0.39 is 0 Å². The van der Waals surface area contributed by atoms with Crippen LogP contribution >= 0.6 is 11.8 Å². The fourth-order valence-corrected chi connectivity index (χ4v) is 16.3. The summed E-state index contributed by atoms with van der Waals surface area (Å²) in [6, 6.07) is 41.4. The van der Waals surface area contributed by atoms with Crippen molar-refractivity contribution in [1.82, 2.24) is 0 Å². The van der Waals surface area contributed by atoms with Gasteiger partial charge < -0.3 is 4.90 Å². The van der Waals surface area contributed by atoms with Crippen LogP contribution < -0.4 is 4.90 Å². The van der Waals surface area contributed by atoms with Gasteiger partial charge in [-0.25, -0.2) is 0 Å². The van der Waals surface area contributed by atoms with Crippen molar-refractivity contribution in [1.29, 1.82) is 0 Å². The minimum Gasteiger partial charge on any atom is -0.310 e. The average Bonchev–Trinajstić information content (AvgIpc) is 3.74. The molecule has 4 saturated carbocycles. The van der Waals surface area contributed by atoms with Crippen LogP contribution in [0, 0.1) is 29.1 Å². The lowest BCUT2D eigenvalue weighted by Gasteiger charge is -2.78. The standard InChI is InChI=1S/C56H61NS/c1-51(2)23-25-53(5,6)44-30-37(17-20-41(44)51)57(38-18-21-42-45(31-38)54(7,8)26-24-52(42,3)4)39-19-22-43-47(32-39)58-46-16-12-15-40(35-13-10-9-11-14-35)50(46)56(43)48-28-34-27-36-29-49(56)55(36,48)33-34/h9-22,30-32,34,36,48-49H,23-29,33H2,1-8H3. The van der Waals surface area contributed by atoms with Gasteiger partial charge in [0.2, 0.25) is 0 Å². The summed E-state index contributed by atoms with van der Waals surface area (Å²) in [6.45, 7) is 19.7. The van der Waals surface area contributed by atoms with Crippen molar-refractivity contribution >= 4 is 28.8 Å². The Morgan fingerprint density at radius 1 is 0.500 bits per heavy atom. The molecule has 4 fully saturated rings. The number of hydrogen-bond donors (Lipinski definition) is 0. The van der Waals surface area contributed by atoms with Crippen molar-refractivity contribution in [3.05, 3.63) is 137 Å². The summed E-state index contributed by atoms with van der Waals surface area (Å²) in [4.78, 5) is 5.62. The number of benzene rings is 5. The van der Waals surface area contributed by atoms with Crippen molar-refractivity contribution in [3.8, 4) is 11.1 Å². The summed E-state index contributed by atoms with van der Waals surface area (Å²) in [5, 5.41) is 0. The zero-order chi connectivity index (χ0) is 39.8. The van der Waals surface area contributed by atoms with E-state index in [1.807, 2.05) is 0 Å². The van der Waals surface area contributed by atoms with Crippen molar-refractivity contribution in [3.63, 3.8) is 0 Å². The van der Waals surface area contributed by atoms with Gasteiger partial charge in [-0.15, -0.1) is 0 Å². The molecule has 5 aromatic rings. The maximum Gasteiger partial charge on any atom is 0.0473 e. The van der Waals surface area contributed by atoms with Crippen molar-refractivity contribution < 1.29 is 0 Å². The minimum atomic E-state index is 0.0975. The third kappa shape index (κ3) is 4.52. The molecular formula is C56H61NS. The fraction of sp³-hybridized carbons (Fsp3) is 0.464. The first kappa shape index (κ1) is 36.1. The first-order chi connectivity index (χ1) is 27.6. The highest BCUT2D eigenvalue weighted by Gasteiger charge is 2.84. The third-order valence-corrected chi connectivity index (χ3v) is 19.2. The third-order valence-electron chi connectivity index (χ3n) is 18.1. The van der Waals surface area contributed by atoms with Gasteiger partial charge >= 0.3 is 0 Å². The van der Waals surface area contributed by atoms with E-state index in [4.69, 9.17) is 0 Å². The lowest BCUT2D eigenvalue weighted by molar-refractivity contribution is -0.234. The molecule has 2 spiro atoms. The first-order valence-corrected chi connectivity index (χ1v) is 23.6. The highest BCUT2D eigenvalue weighted by molar-refractivity contribution is 7.99. The summed E-state index contributed by atoms with van der Waals surface area (Å²) in [6.07, 6.45) is 10.7. The Hall–Kier alpha value is -3.75. The van der Waals surface area contributed by atoms with Crippen LogP contribution in [0.4, 0.5) is 17.1 Å². The number of anilines is 3. The van der Waals surface area contributed by atoms with Gasteiger partial charge in [0.05, 0.1) is 0 Å². The van der Waals surface area contributed by atoms with Crippen LogP contribution in [-0.2, 0) is 27.1 Å². The number of rotatable bonds is 4. The second-order valence-corrected chi connectivity index (χ2v) is 23.8. The van der Waals surface area contributed by atoms with E-state index >= 15 is 0 Å². The Labute approximate surface area is 352 Å². The van der Waals surface area contributed by atoms with Gasteiger partial charge in [0.1, 0.15) is 0 Å². The molecule has 1 aliphatic heterocycles. The minimum absolute atomic E-state index is 0.0975. The Kier molecular flexibility index (Phi) is 7.19. The van der Waals surface area contributed by atoms with E-state index in [0.717, 1.165) is 23.7 Å². The smallest absolute Gasteiger partial charge is 0.0473 e. The Bertz CT molecular complexity index is 2480. The summed E-state index contributed by atoms with van der Waals surface area (Å²) in [5.41, 5.74) is 17.4. The largest absolute Gasteiger partial charge is 0.310 e. The van der Waals surface area contributed by atoms with Crippen LogP contribution in [0.15, 0.2) is 113 Å². The van der Waals surface area contributed by atoms with Crippen LogP contribution in [0.1, 0.15) is 140 Å². The lowest BCUT2D eigenvalue weighted by atomic mass is 9.26. The zero-order valence-corrected chi connectivity index (χ0v) is 37.0. The number of nitrogens with zero attached hydrogens (tertiary/aromatic N) is 1. The predicted octanol–water partition coefficient (Wildman–Crippen LogP) is 15.3. The normalized spacial score (nSPS) is 31.5. The summed E-state index contributed by atoms with van der Waals surface area (Å²) < 4.78 is 0. The van der Waals surface area contributed by atoms with Gasteiger partial charge in [-0.2, -0.15) is 0 Å². The average molecular weight is 780 g/mol. The molecule has 7 aliphatic rings. The predicted molar refractivity (Wildman–Crippen MR) is 243 cm³/mol. The molecular weight excluding hydrogens is 719 g/mol. The quantitative estimate of drug-likeness (QED) is 0.179. The fourth-order valence-electron chi connectivity index (χ4n) is 15.1. The SMILES string of the molecule is CC1(C)CCC(C)(C)c2cc(N(c3ccc4c(c3)Sc3cccc(-c5ccccc5)c3C43C4CC5CC6CC3C64C5)c3ccc4c(c3)C(C)(C)CCC4(C)C)ccc21. The summed E-state index contributed by atoms with van der Waals surface area (Å²) >= 11 is 2.05. The summed E-state index contributed by atoms with van der Waals surface area (Å²) in [5.74, 6) is 3.40. The van der Waals surface area contributed by atoms with Gasteiger partial charge in [-0.1, -0.05) is 128 Å². The maximum absolute atomic E-state index is 2.64. The molecule has 1 nitrogen and oxygen atoms in total. The second-order valence-electron chi connectivity index (χ2n) is 22.7. The van der Waals surface area contributed by atoms with Crippen LogP contribution in [0.5, 0.6) is 0 Å². The van der Waals surface area contributed by atoms with Crippen LogP contribution in [0.25, 0.3) is 11.1 Å². The first-order valence-electron chi connectivity index (χ1n) is 22.8. The van der Waals surface area contributed by atoms with Crippen molar-refractivity contribution in [2.45, 2.75) is 144 Å². The van der Waals surface area contributed by atoms with Crippen LogP contribution in [0.3, 0.4) is 0 Å². The monoisotopic (exact) mass is 779 g/mol. The lowest BCUT2D eigenvalue weighted by Crippen LogP contribution is -2.74. The highest BCUT2D eigenvalue weighted by atomic mass is 32.2. The van der Waals surface area contributed by atoms with E-state index in [2.05, 4.69) is 175 Å². The Morgan fingerprint density at radius 3 is 1.66 bits per heavy atom. The molecule has 296 valence electrons. The topological polar surface area (TPSA) is 3.24 Å². The van der Waals surface area contributed by atoms with E-state index in [1.165, 1.54) is 112 Å². The molecule has 6 unspecified atom stereocenters. The molecule has 5 aromatic carbocycles. The van der Waals surface area contributed by atoms with Crippen LogP contribution in [0.2, 0.25) is 0 Å². The van der Waals surface area contributed by atoms with Gasteiger partial charge in [0, 0.05) is 32.3 Å². The van der Waals surface area contributed by atoms with Crippen LogP contribution in [-0.4, -0.2) is 0 Å². The molecule has 2 heteroatoms. The van der Waals surface area contributed by atoms with E-state index in [-0.39, 0.29) is 27.1 Å². The number of fused-ring (bicyclic) bond motifs is 9. The molecule has 0 amide bonds. The number of hydrogen-bond acceptors (Lipinski definition) is 2. The van der Waals surface area contributed by atoms with Gasteiger partial charge in [-0.05, 0) is 189 Å². The van der Waals surface area contributed by atoms with E-state index in [9.17, 15) is 0 Å². The van der Waals surface area contributed by atoms with E-state index in [0.29, 0.717) is 5.41 Å². The second kappa shape index (κ2) is 11.5. The molecule has 1 heterocycles. The Morgan fingerprint density at radius 2 is 1.05 bits per heavy atom. The molecule has 0 saturated heterocycles. The molecule has 0 aromatic heterocycles. The molecule has 6 aliphatic carbocycles. The van der Waals surface area contributed by atoms with Gasteiger partial charge in [-0.3, -0.25) is 0 Å². The van der Waals surface area contributed by atoms with Crippen molar-refractivity contribution in [2.75, 3.05) is 4.90 Å². The molecule has 2 bridgehead atoms. The molecule has 0 N–H and O–H groups in total. The maximum atomic E-state index is 2.64. The molecule has 6 atom stereocenters. The molecule has 58 heavy (non-hydrogen) atoms. The van der Waals surface area contributed by atoms with Gasteiger partial charge in [0.25, 0.3) is 0 Å². The van der Waals surface area contributed by atoms with E-state index in [1.54, 1.807) is 11.1 Å². The van der Waals surface area contributed by atoms with Crippen molar-refractivity contribution in [2.24, 2.45) is 29.1 Å². The molecule has 12 rings (SSSR count). The molecule has 0 radical (unpaired) electrons. The summed E-state index contributed by atoms with van der Waals surface area (Å²) in [7, 11) is 0. The Balaban J connectivity index is 1.07. The highest BCUT2D eigenvalue weighted by Crippen LogP contribution is 2.89.